The second-order valence-electron chi connectivity index (χ2n) is 2.68. The van der Waals surface area contributed by atoms with E-state index in [1.54, 1.807) is 6.07 Å². The van der Waals surface area contributed by atoms with E-state index >= 15 is 0 Å². The minimum Gasteiger partial charge on any atom is -0.477 e. The third-order valence-corrected chi connectivity index (χ3v) is 2.34. The summed E-state index contributed by atoms with van der Waals surface area (Å²) in [6.07, 6.45) is 0. The first-order valence-electron chi connectivity index (χ1n) is 3.83. The van der Waals surface area contributed by atoms with Crippen LogP contribution in [0.25, 0.3) is 11.0 Å². The lowest BCUT2D eigenvalue weighted by molar-refractivity contribution is 0.0691. The number of aromatic nitrogens is 2. The fourth-order valence-corrected chi connectivity index (χ4v) is 1.50. The number of rotatable bonds is 1. The van der Waals surface area contributed by atoms with Crippen molar-refractivity contribution in [3.63, 3.8) is 0 Å². The second kappa shape index (κ2) is 3.49. The summed E-state index contributed by atoms with van der Waals surface area (Å²) >= 11 is 2.06. The van der Waals surface area contributed by atoms with Gasteiger partial charge in [-0.05, 0) is 46.9 Å². The second-order valence-corrected chi connectivity index (χ2v) is 3.79. The van der Waals surface area contributed by atoms with Gasteiger partial charge in [-0.2, -0.15) is 0 Å². The molecule has 0 saturated heterocycles. The van der Waals surface area contributed by atoms with E-state index in [9.17, 15) is 4.79 Å². The van der Waals surface area contributed by atoms with Crippen molar-refractivity contribution in [3.05, 3.63) is 33.7 Å². The number of halogens is 1. The van der Waals surface area contributed by atoms with E-state index in [2.05, 4.69) is 32.6 Å². The average Bonchev–Trinajstić information content (AvgIpc) is 2.16. The molecule has 2 aromatic rings. The van der Waals surface area contributed by atoms with Crippen LogP contribution in [0.3, 0.4) is 0 Å². The minimum atomic E-state index is -1.03. The number of nitrogens with zero attached hydrogens (tertiary/aromatic N) is 2. The van der Waals surface area contributed by atoms with Crippen LogP contribution >= 0.6 is 22.6 Å². The van der Waals surface area contributed by atoms with Crippen LogP contribution in [0.2, 0.25) is 0 Å². The number of hydrogen-bond donors (Lipinski definition) is 1. The zero-order chi connectivity index (χ0) is 10.1. The molecule has 0 radical (unpaired) electrons. The summed E-state index contributed by atoms with van der Waals surface area (Å²) in [4.78, 5) is 18.7. The van der Waals surface area contributed by atoms with Gasteiger partial charge in [0.2, 0.25) is 0 Å². The maximum Gasteiger partial charge on any atom is 0.354 e. The number of fused-ring (bicyclic) bond motifs is 1. The van der Waals surface area contributed by atoms with Gasteiger partial charge in [0.05, 0.1) is 0 Å². The molecule has 0 aliphatic rings. The molecule has 0 aliphatic heterocycles. The van der Waals surface area contributed by atoms with Crippen molar-refractivity contribution in [3.8, 4) is 0 Å². The van der Waals surface area contributed by atoms with Gasteiger partial charge in [-0.1, -0.05) is 0 Å². The highest BCUT2D eigenvalue weighted by Crippen LogP contribution is 2.12. The molecule has 14 heavy (non-hydrogen) atoms. The average molecular weight is 300 g/mol. The van der Waals surface area contributed by atoms with Gasteiger partial charge in [-0.25, -0.2) is 14.8 Å². The van der Waals surface area contributed by atoms with Crippen LogP contribution in [0, 0.1) is 3.70 Å². The molecule has 70 valence electrons. The topological polar surface area (TPSA) is 63.1 Å². The number of aromatic carboxylic acids is 1. The maximum absolute atomic E-state index is 10.6. The van der Waals surface area contributed by atoms with Gasteiger partial charge in [0, 0.05) is 5.39 Å². The number of carboxylic acids is 1. The lowest BCUT2D eigenvalue weighted by Gasteiger charge is -1.98. The number of pyridine rings is 2. The molecule has 2 rings (SSSR count). The first kappa shape index (κ1) is 9.32. The van der Waals surface area contributed by atoms with Gasteiger partial charge in [-0.15, -0.1) is 0 Å². The van der Waals surface area contributed by atoms with E-state index in [-0.39, 0.29) is 5.69 Å². The quantitative estimate of drug-likeness (QED) is 0.645. The molecule has 0 aromatic carbocycles. The number of carbonyl (C=O) groups is 1. The van der Waals surface area contributed by atoms with Gasteiger partial charge in [-0.3, -0.25) is 0 Å². The van der Waals surface area contributed by atoms with Crippen LogP contribution in [0.15, 0.2) is 24.3 Å². The van der Waals surface area contributed by atoms with Crippen LogP contribution in [-0.2, 0) is 0 Å². The van der Waals surface area contributed by atoms with Crippen LogP contribution in [0.5, 0.6) is 0 Å². The lowest BCUT2D eigenvalue weighted by Crippen LogP contribution is -2.00. The fourth-order valence-electron chi connectivity index (χ4n) is 1.09. The Kier molecular flexibility index (Phi) is 2.32. The van der Waals surface area contributed by atoms with Crippen LogP contribution in [0.4, 0.5) is 0 Å². The third kappa shape index (κ3) is 1.67. The molecule has 2 heterocycles. The summed E-state index contributed by atoms with van der Waals surface area (Å²) in [6, 6.07) is 6.89. The lowest BCUT2D eigenvalue weighted by atomic mass is 10.2. The highest BCUT2D eigenvalue weighted by molar-refractivity contribution is 14.1. The van der Waals surface area contributed by atoms with Gasteiger partial charge < -0.3 is 5.11 Å². The van der Waals surface area contributed by atoms with Gasteiger partial charge >= 0.3 is 5.97 Å². The van der Waals surface area contributed by atoms with E-state index in [4.69, 9.17) is 5.11 Å². The van der Waals surface area contributed by atoms with E-state index in [1.165, 1.54) is 6.07 Å². The highest BCUT2D eigenvalue weighted by atomic mass is 127. The van der Waals surface area contributed by atoms with Crippen molar-refractivity contribution in [2.45, 2.75) is 0 Å². The maximum atomic E-state index is 10.6. The molecule has 0 spiro atoms. The Labute approximate surface area is 93.1 Å². The van der Waals surface area contributed by atoms with Crippen molar-refractivity contribution in [1.82, 2.24) is 9.97 Å². The van der Waals surface area contributed by atoms with Gasteiger partial charge in [0.25, 0.3) is 0 Å². The van der Waals surface area contributed by atoms with Gasteiger partial charge in [0.15, 0.2) is 11.3 Å². The Bertz CT molecular complexity index is 513. The number of hydrogen-bond acceptors (Lipinski definition) is 3. The summed E-state index contributed by atoms with van der Waals surface area (Å²) in [5.41, 5.74) is 0.490. The van der Waals surface area contributed by atoms with Crippen molar-refractivity contribution >= 4 is 39.6 Å². The Morgan fingerprint density at radius 2 is 1.93 bits per heavy atom. The molecular weight excluding hydrogens is 295 g/mol. The molecule has 5 heteroatoms. The van der Waals surface area contributed by atoms with E-state index in [0.29, 0.717) is 5.65 Å². The van der Waals surface area contributed by atoms with E-state index in [0.717, 1.165) is 9.09 Å². The molecule has 0 bridgehead atoms. The van der Waals surface area contributed by atoms with Crippen molar-refractivity contribution in [2.24, 2.45) is 0 Å². The standard InChI is InChI=1S/C9H5IN2O2/c10-7-4-2-5-1-3-6(9(13)14)11-8(5)12-7/h1-4H,(H,13,14). The van der Waals surface area contributed by atoms with Crippen molar-refractivity contribution < 1.29 is 9.90 Å². The van der Waals surface area contributed by atoms with Crippen molar-refractivity contribution in [1.29, 1.82) is 0 Å². The molecule has 0 fully saturated rings. The van der Waals surface area contributed by atoms with Crippen LogP contribution in [-0.4, -0.2) is 21.0 Å². The summed E-state index contributed by atoms with van der Waals surface area (Å²) in [7, 11) is 0. The van der Waals surface area contributed by atoms with E-state index < -0.39 is 5.97 Å². The van der Waals surface area contributed by atoms with Gasteiger partial charge in [0.1, 0.15) is 3.70 Å². The number of carboxylic acid groups (broad SMARTS) is 1. The SMILES string of the molecule is O=C(O)c1ccc2ccc(I)nc2n1. The fraction of sp³-hybridized carbons (Fsp3) is 0. The Balaban J connectivity index is 2.69. The van der Waals surface area contributed by atoms with Crippen LogP contribution < -0.4 is 0 Å². The Hall–Kier alpha value is -1.24. The summed E-state index contributed by atoms with van der Waals surface area (Å²) in [5.74, 6) is -1.03. The summed E-state index contributed by atoms with van der Waals surface area (Å²) in [6.45, 7) is 0. The third-order valence-electron chi connectivity index (χ3n) is 1.74. The zero-order valence-electron chi connectivity index (χ0n) is 6.94. The minimum absolute atomic E-state index is 0.0204. The molecule has 1 N–H and O–H groups in total. The molecule has 2 aromatic heterocycles. The highest BCUT2D eigenvalue weighted by Gasteiger charge is 2.05. The first-order chi connectivity index (χ1) is 6.66. The molecule has 0 unspecified atom stereocenters. The molecule has 4 nitrogen and oxygen atoms in total. The van der Waals surface area contributed by atoms with E-state index in [1.807, 2.05) is 12.1 Å². The molecule has 0 amide bonds. The normalized spacial score (nSPS) is 10.4. The first-order valence-corrected chi connectivity index (χ1v) is 4.91. The predicted octanol–water partition coefficient (Wildman–Crippen LogP) is 1.93. The zero-order valence-corrected chi connectivity index (χ0v) is 9.09. The molecule has 0 aliphatic carbocycles. The molecular formula is C9H5IN2O2. The predicted molar refractivity (Wildman–Crippen MR) is 59.2 cm³/mol. The molecule has 0 atom stereocenters. The summed E-state index contributed by atoms with van der Waals surface area (Å²) < 4.78 is 0.796. The summed E-state index contributed by atoms with van der Waals surface area (Å²) in [5, 5.41) is 9.56. The Morgan fingerprint density at radius 1 is 1.21 bits per heavy atom. The van der Waals surface area contributed by atoms with Crippen molar-refractivity contribution in [2.75, 3.05) is 0 Å². The smallest absolute Gasteiger partial charge is 0.354 e. The Morgan fingerprint density at radius 3 is 2.64 bits per heavy atom. The van der Waals surface area contributed by atoms with Crippen LogP contribution in [0.1, 0.15) is 10.5 Å². The monoisotopic (exact) mass is 300 g/mol. The molecule has 0 saturated carbocycles. The largest absolute Gasteiger partial charge is 0.477 e.